The number of ketones is 1. The van der Waals surface area contributed by atoms with Crippen LogP contribution in [0.4, 0.5) is 0 Å². The highest BCUT2D eigenvalue weighted by atomic mass is 127. The van der Waals surface area contributed by atoms with Crippen LogP contribution in [0.2, 0.25) is 0 Å². The van der Waals surface area contributed by atoms with Crippen LogP contribution >= 0.6 is 22.6 Å². The molecule has 1 aromatic rings. The number of Topliss-reactive ketones (excluding diaryl/α,β-unsaturated/α-hetero) is 1. The van der Waals surface area contributed by atoms with Gasteiger partial charge < -0.3 is 0 Å². The Morgan fingerprint density at radius 1 is 1.29 bits per heavy atom. The van der Waals surface area contributed by atoms with Gasteiger partial charge in [-0.1, -0.05) is 32.0 Å². The van der Waals surface area contributed by atoms with E-state index in [4.69, 9.17) is 0 Å². The highest BCUT2D eigenvalue weighted by molar-refractivity contribution is 14.1. The Morgan fingerprint density at radius 3 is 2.36 bits per heavy atom. The Balaban J connectivity index is 2.94. The first kappa shape index (κ1) is 11.7. The maximum atomic E-state index is 12.0. The minimum atomic E-state index is 0.186. The van der Waals surface area contributed by atoms with Crippen molar-refractivity contribution in [1.82, 2.24) is 0 Å². The molecule has 1 nitrogen and oxygen atoms in total. The van der Waals surface area contributed by atoms with Crippen LogP contribution in [0.5, 0.6) is 0 Å². The number of benzene rings is 1. The van der Waals surface area contributed by atoms with Crippen LogP contribution in [-0.4, -0.2) is 5.78 Å². The van der Waals surface area contributed by atoms with E-state index in [0.29, 0.717) is 5.78 Å². The van der Waals surface area contributed by atoms with E-state index < -0.39 is 0 Å². The fourth-order valence-electron chi connectivity index (χ4n) is 1.54. The van der Waals surface area contributed by atoms with E-state index in [1.165, 1.54) is 0 Å². The Morgan fingerprint density at radius 2 is 1.86 bits per heavy atom. The summed E-state index contributed by atoms with van der Waals surface area (Å²) in [6, 6.07) is 7.79. The van der Waals surface area contributed by atoms with E-state index in [0.717, 1.165) is 22.0 Å². The second kappa shape index (κ2) is 5.49. The second-order valence-electron chi connectivity index (χ2n) is 3.36. The van der Waals surface area contributed by atoms with E-state index in [-0.39, 0.29) is 5.92 Å². The zero-order valence-corrected chi connectivity index (χ0v) is 10.7. The summed E-state index contributed by atoms with van der Waals surface area (Å²) in [5.41, 5.74) is 0.877. The van der Waals surface area contributed by atoms with Gasteiger partial charge in [-0.25, -0.2) is 0 Å². The molecule has 0 saturated carbocycles. The molecule has 0 fully saturated rings. The SMILES string of the molecule is CCC(CC)C(=O)c1ccccc1I. The van der Waals surface area contributed by atoms with Crippen molar-refractivity contribution in [2.75, 3.05) is 0 Å². The van der Waals surface area contributed by atoms with Crippen molar-refractivity contribution in [2.24, 2.45) is 5.92 Å². The maximum Gasteiger partial charge on any atom is 0.166 e. The van der Waals surface area contributed by atoms with Gasteiger partial charge in [-0.3, -0.25) is 4.79 Å². The first-order chi connectivity index (χ1) is 6.70. The topological polar surface area (TPSA) is 17.1 Å². The molecule has 14 heavy (non-hydrogen) atoms. The minimum absolute atomic E-state index is 0.186. The van der Waals surface area contributed by atoms with Gasteiger partial charge in [0.1, 0.15) is 0 Å². The van der Waals surface area contributed by atoms with Crippen LogP contribution < -0.4 is 0 Å². The summed E-state index contributed by atoms with van der Waals surface area (Å²) >= 11 is 2.22. The van der Waals surface area contributed by atoms with Crippen molar-refractivity contribution < 1.29 is 4.79 Å². The van der Waals surface area contributed by atoms with Gasteiger partial charge in [0, 0.05) is 15.1 Å². The third-order valence-corrected chi connectivity index (χ3v) is 3.44. The predicted molar refractivity (Wildman–Crippen MR) is 67.6 cm³/mol. The number of hydrogen-bond donors (Lipinski definition) is 0. The molecule has 0 aliphatic rings. The average Bonchev–Trinajstić information content (AvgIpc) is 2.20. The van der Waals surface area contributed by atoms with Gasteiger partial charge in [0.15, 0.2) is 5.78 Å². The Kier molecular flexibility index (Phi) is 4.58. The van der Waals surface area contributed by atoms with Crippen molar-refractivity contribution in [2.45, 2.75) is 26.7 Å². The van der Waals surface area contributed by atoms with E-state index in [1.54, 1.807) is 0 Å². The molecule has 0 aromatic heterocycles. The number of rotatable bonds is 4. The lowest BCUT2D eigenvalue weighted by atomic mass is 9.93. The summed E-state index contributed by atoms with van der Waals surface area (Å²) in [4.78, 5) is 12.0. The summed E-state index contributed by atoms with van der Waals surface area (Å²) in [7, 11) is 0. The molecule has 0 spiro atoms. The molecular weight excluding hydrogens is 287 g/mol. The van der Waals surface area contributed by atoms with Crippen molar-refractivity contribution in [3.8, 4) is 0 Å². The summed E-state index contributed by atoms with van der Waals surface area (Å²) in [5, 5.41) is 0. The molecule has 2 heteroatoms. The van der Waals surface area contributed by atoms with E-state index in [1.807, 2.05) is 24.3 Å². The van der Waals surface area contributed by atoms with Crippen LogP contribution in [0.25, 0.3) is 0 Å². The van der Waals surface area contributed by atoms with Crippen LogP contribution in [0, 0.1) is 9.49 Å². The molecule has 0 heterocycles. The van der Waals surface area contributed by atoms with Gasteiger partial charge in [0.2, 0.25) is 0 Å². The summed E-state index contributed by atoms with van der Waals surface area (Å²) in [6.07, 6.45) is 1.86. The number of carbonyl (C=O) groups is 1. The third-order valence-electron chi connectivity index (χ3n) is 2.50. The summed E-state index contributed by atoms with van der Waals surface area (Å²) < 4.78 is 1.06. The predicted octanol–water partition coefficient (Wildman–Crippen LogP) is 3.91. The molecule has 1 rings (SSSR count). The zero-order valence-electron chi connectivity index (χ0n) is 8.59. The molecule has 0 aliphatic carbocycles. The lowest BCUT2D eigenvalue weighted by Gasteiger charge is -2.11. The van der Waals surface area contributed by atoms with Crippen molar-refractivity contribution >= 4 is 28.4 Å². The highest BCUT2D eigenvalue weighted by Crippen LogP contribution is 2.19. The number of halogens is 1. The van der Waals surface area contributed by atoms with Crippen molar-refractivity contribution in [3.63, 3.8) is 0 Å². The van der Waals surface area contributed by atoms with Crippen LogP contribution in [-0.2, 0) is 0 Å². The summed E-state index contributed by atoms with van der Waals surface area (Å²) in [6.45, 7) is 4.14. The van der Waals surface area contributed by atoms with Gasteiger partial charge in [-0.2, -0.15) is 0 Å². The molecule has 0 atom stereocenters. The second-order valence-corrected chi connectivity index (χ2v) is 4.52. The zero-order chi connectivity index (χ0) is 10.6. The molecule has 0 radical (unpaired) electrons. The Hall–Kier alpha value is -0.380. The first-order valence-electron chi connectivity index (χ1n) is 4.99. The highest BCUT2D eigenvalue weighted by Gasteiger charge is 2.17. The monoisotopic (exact) mass is 302 g/mol. The smallest absolute Gasteiger partial charge is 0.166 e. The first-order valence-corrected chi connectivity index (χ1v) is 6.07. The molecular formula is C12H15IO. The fourth-order valence-corrected chi connectivity index (χ4v) is 2.19. The molecule has 0 aliphatic heterocycles. The van der Waals surface area contributed by atoms with Gasteiger partial charge in [-0.15, -0.1) is 0 Å². The molecule has 0 saturated heterocycles. The lowest BCUT2D eigenvalue weighted by molar-refractivity contribution is 0.0912. The molecule has 76 valence electrons. The van der Waals surface area contributed by atoms with Gasteiger partial charge in [0.25, 0.3) is 0 Å². The largest absolute Gasteiger partial charge is 0.294 e. The number of carbonyl (C=O) groups excluding carboxylic acids is 1. The fraction of sp³-hybridized carbons (Fsp3) is 0.417. The Labute approximate surface area is 99.0 Å². The molecule has 0 amide bonds. The minimum Gasteiger partial charge on any atom is -0.294 e. The van der Waals surface area contributed by atoms with Crippen molar-refractivity contribution in [1.29, 1.82) is 0 Å². The quantitative estimate of drug-likeness (QED) is 0.609. The van der Waals surface area contributed by atoms with E-state index >= 15 is 0 Å². The van der Waals surface area contributed by atoms with Crippen molar-refractivity contribution in [3.05, 3.63) is 33.4 Å². The lowest BCUT2D eigenvalue weighted by Crippen LogP contribution is -2.14. The third kappa shape index (κ3) is 2.56. The van der Waals surface area contributed by atoms with Gasteiger partial charge >= 0.3 is 0 Å². The van der Waals surface area contributed by atoms with Gasteiger partial charge in [0.05, 0.1) is 0 Å². The van der Waals surface area contributed by atoms with Crippen LogP contribution in [0.3, 0.4) is 0 Å². The maximum absolute atomic E-state index is 12.0. The summed E-state index contributed by atoms with van der Waals surface area (Å²) in [5.74, 6) is 0.478. The molecule has 0 unspecified atom stereocenters. The number of hydrogen-bond acceptors (Lipinski definition) is 1. The normalized spacial score (nSPS) is 10.6. The van der Waals surface area contributed by atoms with E-state index in [9.17, 15) is 4.79 Å². The molecule has 0 N–H and O–H groups in total. The Bertz CT molecular complexity index is 316. The van der Waals surface area contributed by atoms with Gasteiger partial charge in [-0.05, 0) is 41.5 Å². The van der Waals surface area contributed by atoms with E-state index in [2.05, 4.69) is 36.4 Å². The van der Waals surface area contributed by atoms with Crippen LogP contribution in [0.15, 0.2) is 24.3 Å². The average molecular weight is 302 g/mol. The standard InChI is InChI=1S/C12H15IO/c1-3-9(4-2)12(14)10-7-5-6-8-11(10)13/h5-9H,3-4H2,1-2H3. The van der Waals surface area contributed by atoms with Crippen LogP contribution in [0.1, 0.15) is 37.0 Å². The molecule has 0 bridgehead atoms. The molecule has 1 aromatic carbocycles.